The molecule has 2 aromatic carbocycles. The number of nitro benzene ring substituents is 1. The molecular weight excluding hydrogens is 268 g/mol. The summed E-state index contributed by atoms with van der Waals surface area (Å²) in [7, 11) is 3.90. The van der Waals surface area contributed by atoms with Crippen LogP contribution in [-0.4, -0.2) is 19.0 Å². The Hall–Kier alpha value is -3.07. The van der Waals surface area contributed by atoms with Crippen molar-refractivity contribution < 1.29 is 4.92 Å². The second kappa shape index (κ2) is 5.92. The lowest BCUT2D eigenvalue weighted by molar-refractivity contribution is -0.385. The van der Waals surface area contributed by atoms with Crippen LogP contribution in [0.25, 0.3) is 0 Å². The van der Waals surface area contributed by atoms with Crippen molar-refractivity contribution in [3.63, 3.8) is 0 Å². The summed E-state index contributed by atoms with van der Waals surface area (Å²) in [6, 6.07) is 13.9. The normalized spacial score (nSPS) is 9.76. The van der Waals surface area contributed by atoms with E-state index in [4.69, 9.17) is 5.26 Å². The standard InChI is InChI=1S/C15H14N4O2/c1-18(2)14-7-5-12(6-8-14)17-13-4-3-11(10-16)15(9-13)19(20)21/h3-9,17H,1-2H3. The molecule has 0 bridgehead atoms. The highest BCUT2D eigenvalue weighted by Crippen LogP contribution is 2.25. The monoisotopic (exact) mass is 282 g/mol. The molecule has 0 aliphatic carbocycles. The van der Waals surface area contributed by atoms with Gasteiger partial charge in [-0.25, -0.2) is 0 Å². The van der Waals surface area contributed by atoms with Crippen molar-refractivity contribution in [2.75, 3.05) is 24.3 Å². The fraction of sp³-hybridized carbons (Fsp3) is 0.133. The van der Waals surface area contributed by atoms with Crippen LogP contribution in [0.4, 0.5) is 22.7 Å². The van der Waals surface area contributed by atoms with E-state index in [2.05, 4.69) is 5.32 Å². The lowest BCUT2D eigenvalue weighted by atomic mass is 10.1. The van der Waals surface area contributed by atoms with Crippen molar-refractivity contribution in [3.8, 4) is 6.07 Å². The van der Waals surface area contributed by atoms with Crippen LogP contribution in [0.2, 0.25) is 0 Å². The Morgan fingerprint density at radius 1 is 1.14 bits per heavy atom. The molecule has 0 unspecified atom stereocenters. The van der Waals surface area contributed by atoms with Gasteiger partial charge in [0.25, 0.3) is 5.69 Å². The van der Waals surface area contributed by atoms with Gasteiger partial charge in [-0.1, -0.05) is 0 Å². The zero-order valence-electron chi connectivity index (χ0n) is 11.7. The largest absolute Gasteiger partial charge is 0.378 e. The molecule has 0 heterocycles. The Labute approximate surface area is 122 Å². The molecule has 0 amide bonds. The van der Waals surface area contributed by atoms with Crippen LogP contribution in [0.1, 0.15) is 5.56 Å². The molecule has 0 atom stereocenters. The van der Waals surface area contributed by atoms with Crippen molar-refractivity contribution in [2.45, 2.75) is 0 Å². The Morgan fingerprint density at radius 2 is 1.76 bits per heavy atom. The molecule has 0 fully saturated rings. The van der Waals surface area contributed by atoms with Gasteiger partial charge in [-0.3, -0.25) is 10.1 Å². The topological polar surface area (TPSA) is 82.2 Å². The average molecular weight is 282 g/mol. The summed E-state index contributed by atoms with van der Waals surface area (Å²) in [6.07, 6.45) is 0. The molecule has 106 valence electrons. The minimum absolute atomic E-state index is 0.0495. The van der Waals surface area contributed by atoms with Gasteiger partial charge >= 0.3 is 0 Å². The second-order valence-corrected chi connectivity index (χ2v) is 4.67. The number of nitrogens with one attached hydrogen (secondary N) is 1. The quantitative estimate of drug-likeness (QED) is 0.687. The summed E-state index contributed by atoms with van der Waals surface area (Å²) in [5, 5.41) is 22.9. The van der Waals surface area contributed by atoms with E-state index >= 15 is 0 Å². The molecule has 0 aliphatic rings. The first-order chi connectivity index (χ1) is 10.0. The van der Waals surface area contributed by atoms with Crippen LogP contribution < -0.4 is 10.2 Å². The van der Waals surface area contributed by atoms with Gasteiger partial charge in [-0.15, -0.1) is 0 Å². The van der Waals surface area contributed by atoms with Gasteiger partial charge in [0.05, 0.1) is 4.92 Å². The molecule has 0 radical (unpaired) electrons. The number of hydrogen-bond donors (Lipinski definition) is 1. The van der Waals surface area contributed by atoms with Crippen LogP contribution in [0.5, 0.6) is 0 Å². The maximum absolute atomic E-state index is 10.9. The highest BCUT2D eigenvalue weighted by molar-refractivity contribution is 5.67. The highest BCUT2D eigenvalue weighted by atomic mass is 16.6. The van der Waals surface area contributed by atoms with Gasteiger partial charge in [0.1, 0.15) is 11.6 Å². The van der Waals surface area contributed by atoms with Gasteiger partial charge in [-0.05, 0) is 36.4 Å². The third kappa shape index (κ3) is 3.28. The van der Waals surface area contributed by atoms with Crippen LogP contribution in [0.3, 0.4) is 0 Å². The third-order valence-electron chi connectivity index (χ3n) is 2.99. The third-order valence-corrected chi connectivity index (χ3v) is 2.99. The first-order valence-corrected chi connectivity index (χ1v) is 6.24. The molecule has 6 heteroatoms. The van der Waals surface area contributed by atoms with E-state index in [1.54, 1.807) is 6.07 Å². The first-order valence-electron chi connectivity index (χ1n) is 6.24. The van der Waals surface area contributed by atoms with Crippen molar-refractivity contribution in [1.82, 2.24) is 0 Å². The molecule has 0 aromatic heterocycles. The first kappa shape index (κ1) is 14.3. The van der Waals surface area contributed by atoms with Crippen molar-refractivity contribution in [3.05, 3.63) is 58.1 Å². The molecule has 2 rings (SSSR count). The number of benzene rings is 2. The van der Waals surface area contributed by atoms with Gasteiger partial charge < -0.3 is 10.2 Å². The summed E-state index contributed by atoms with van der Waals surface area (Å²) in [6.45, 7) is 0. The molecule has 6 nitrogen and oxygen atoms in total. The fourth-order valence-electron chi connectivity index (χ4n) is 1.86. The van der Waals surface area contributed by atoms with Crippen LogP contribution in [0.15, 0.2) is 42.5 Å². The predicted octanol–water partition coefficient (Wildman–Crippen LogP) is 3.28. The highest BCUT2D eigenvalue weighted by Gasteiger charge is 2.14. The number of nitrogens with zero attached hydrogens (tertiary/aromatic N) is 3. The summed E-state index contributed by atoms with van der Waals surface area (Å²) in [4.78, 5) is 12.4. The predicted molar refractivity (Wildman–Crippen MR) is 81.9 cm³/mol. The number of anilines is 3. The molecular formula is C15H14N4O2. The van der Waals surface area contributed by atoms with Gasteiger partial charge in [0.15, 0.2) is 0 Å². The summed E-state index contributed by atoms with van der Waals surface area (Å²) in [5.74, 6) is 0. The average Bonchev–Trinajstić information content (AvgIpc) is 2.47. The van der Waals surface area contributed by atoms with Crippen LogP contribution in [-0.2, 0) is 0 Å². The van der Waals surface area contributed by atoms with Crippen molar-refractivity contribution in [2.24, 2.45) is 0 Å². The lowest BCUT2D eigenvalue weighted by Crippen LogP contribution is -2.08. The van der Waals surface area contributed by atoms with E-state index in [1.807, 2.05) is 49.3 Å². The van der Waals surface area contributed by atoms with Crippen LogP contribution >= 0.6 is 0 Å². The molecule has 1 N–H and O–H groups in total. The van der Waals surface area contributed by atoms with Crippen LogP contribution in [0, 0.1) is 21.4 Å². The SMILES string of the molecule is CN(C)c1ccc(Nc2ccc(C#N)c([N+](=O)[O-])c2)cc1. The zero-order valence-corrected chi connectivity index (χ0v) is 11.7. The van der Waals surface area contributed by atoms with E-state index < -0.39 is 4.92 Å². The lowest BCUT2D eigenvalue weighted by Gasteiger charge is -2.13. The van der Waals surface area contributed by atoms with Crippen molar-refractivity contribution in [1.29, 1.82) is 5.26 Å². The maximum atomic E-state index is 10.9. The van der Waals surface area contributed by atoms with E-state index in [-0.39, 0.29) is 11.3 Å². The van der Waals surface area contributed by atoms with Gasteiger partial charge in [0, 0.05) is 37.2 Å². The second-order valence-electron chi connectivity index (χ2n) is 4.67. The van der Waals surface area contributed by atoms with Gasteiger partial charge in [-0.2, -0.15) is 5.26 Å². The maximum Gasteiger partial charge on any atom is 0.289 e. The number of hydrogen-bond acceptors (Lipinski definition) is 5. The molecule has 0 saturated carbocycles. The smallest absolute Gasteiger partial charge is 0.289 e. The van der Waals surface area contributed by atoms with E-state index in [1.165, 1.54) is 12.1 Å². The van der Waals surface area contributed by atoms with E-state index in [0.29, 0.717) is 5.69 Å². The van der Waals surface area contributed by atoms with E-state index in [0.717, 1.165) is 11.4 Å². The number of nitro groups is 1. The fourth-order valence-corrected chi connectivity index (χ4v) is 1.86. The number of rotatable bonds is 4. The Balaban J connectivity index is 2.25. The summed E-state index contributed by atoms with van der Waals surface area (Å²) >= 11 is 0. The molecule has 21 heavy (non-hydrogen) atoms. The molecule has 0 aliphatic heterocycles. The van der Waals surface area contributed by atoms with Gasteiger partial charge in [0.2, 0.25) is 0 Å². The zero-order chi connectivity index (χ0) is 15.4. The Bertz CT molecular complexity index is 703. The molecule has 0 saturated heterocycles. The molecule has 0 spiro atoms. The summed E-state index contributed by atoms with van der Waals surface area (Å²) in [5.41, 5.74) is 2.30. The molecule has 2 aromatic rings. The number of nitriles is 1. The summed E-state index contributed by atoms with van der Waals surface area (Å²) < 4.78 is 0. The Kier molecular flexibility index (Phi) is 4.05. The Morgan fingerprint density at radius 3 is 2.29 bits per heavy atom. The minimum Gasteiger partial charge on any atom is -0.378 e. The minimum atomic E-state index is -0.557. The van der Waals surface area contributed by atoms with E-state index in [9.17, 15) is 10.1 Å². The van der Waals surface area contributed by atoms with Crippen molar-refractivity contribution >= 4 is 22.7 Å².